The monoisotopic (exact) mass is 241 g/mol. The molecule has 3 heteroatoms. The summed E-state index contributed by atoms with van der Waals surface area (Å²) in [5.74, 6) is 0. The van der Waals surface area contributed by atoms with Gasteiger partial charge in [0.2, 0.25) is 0 Å². The van der Waals surface area contributed by atoms with Gasteiger partial charge in [0.15, 0.2) is 0 Å². The Balaban J connectivity index is 2.11. The number of aliphatic hydroxyl groups excluding tert-OH is 1. The number of aliphatic hydroxyl groups is 1. The van der Waals surface area contributed by atoms with Crippen LogP contribution in [0.4, 0.5) is 5.69 Å². The van der Waals surface area contributed by atoms with Gasteiger partial charge in [-0.05, 0) is 23.8 Å². The maximum atomic E-state index is 9.12. The van der Waals surface area contributed by atoms with E-state index in [2.05, 4.69) is 17.1 Å². The van der Waals surface area contributed by atoms with Crippen LogP contribution in [0.25, 0.3) is 0 Å². The Bertz CT molecular complexity index is 593. The van der Waals surface area contributed by atoms with E-state index in [1.807, 2.05) is 36.5 Å². The van der Waals surface area contributed by atoms with Crippen molar-refractivity contribution in [3.8, 4) is 0 Å². The Labute approximate surface area is 104 Å². The average molecular weight is 241 g/mol. The third-order valence-electron chi connectivity index (χ3n) is 2.69. The molecule has 0 radical (unpaired) electrons. The van der Waals surface area contributed by atoms with Crippen LogP contribution >= 0.6 is 11.8 Å². The molecule has 0 fully saturated rings. The molecule has 1 heterocycles. The highest BCUT2D eigenvalue weighted by Gasteiger charge is 2.10. The molecule has 2 nitrogen and oxygen atoms in total. The zero-order valence-corrected chi connectivity index (χ0v) is 9.95. The topological polar surface area (TPSA) is 32.6 Å². The molecule has 0 saturated heterocycles. The molecule has 2 aromatic rings. The van der Waals surface area contributed by atoms with Gasteiger partial charge in [-0.15, -0.1) is 0 Å². The molecule has 3 rings (SSSR count). The molecule has 1 N–H and O–H groups in total. The summed E-state index contributed by atoms with van der Waals surface area (Å²) >= 11 is 1.72. The summed E-state index contributed by atoms with van der Waals surface area (Å²) in [5.41, 5.74) is 2.96. The highest BCUT2D eigenvalue weighted by Crippen LogP contribution is 2.39. The molecule has 0 amide bonds. The second-order valence-electron chi connectivity index (χ2n) is 3.86. The largest absolute Gasteiger partial charge is 0.392 e. The molecule has 0 saturated carbocycles. The molecule has 1 aliphatic rings. The lowest BCUT2D eigenvalue weighted by Crippen LogP contribution is -1.82. The van der Waals surface area contributed by atoms with E-state index in [1.54, 1.807) is 11.8 Å². The highest BCUT2D eigenvalue weighted by atomic mass is 32.2. The number of nitrogens with zero attached hydrogens (tertiary/aromatic N) is 1. The number of aliphatic imine (C=N–C) groups is 1. The van der Waals surface area contributed by atoms with Crippen molar-refractivity contribution in [2.75, 3.05) is 0 Å². The van der Waals surface area contributed by atoms with Crippen molar-refractivity contribution in [3.05, 3.63) is 53.6 Å². The van der Waals surface area contributed by atoms with Crippen LogP contribution in [-0.4, -0.2) is 11.3 Å². The van der Waals surface area contributed by atoms with Crippen molar-refractivity contribution in [2.45, 2.75) is 16.4 Å². The Kier molecular flexibility index (Phi) is 2.71. The minimum absolute atomic E-state index is 0.0560. The minimum Gasteiger partial charge on any atom is -0.392 e. The Morgan fingerprint density at radius 1 is 1.06 bits per heavy atom. The van der Waals surface area contributed by atoms with Crippen molar-refractivity contribution in [1.82, 2.24) is 0 Å². The van der Waals surface area contributed by atoms with E-state index in [0.717, 1.165) is 21.7 Å². The van der Waals surface area contributed by atoms with Crippen molar-refractivity contribution in [1.29, 1.82) is 0 Å². The van der Waals surface area contributed by atoms with Gasteiger partial charge in [-0.3, -0.25) is 4.99 Å². The fourth-order valence-corrected chi connectivity index (χ4v) is 2.76. The van der Waals surface area contributed by atoms with Crippen LogP contribution in [0.5, 0.6) is 0 Å². The van der Waals surface area contributed by atoms with Gasteiger partial charge in [-0.1, -0.05) is 36.0 Å². The van der Waals surface area contributed by atoms with Crippen LogP contribution in [0, 0.1) is 0 Å². The summed E-state index contributed by atoms with van der Waals surface area (Å²) in [5, 5.41) is 9.12. The SMILES string of the molecule is OCc1ccc2c(c1)N=Cc1ccccc1S2. The van der Waals surface area contributed by atoms with Crippen LogP contribution in [0.3, 0.4) is 0 Å². The van der Waals surface area contributed by atoms with Crippen LogP contribution in [0.15, 0.2) is 57.2 Å². The van der Waals surface area contributed by atoms with E-state index >= 15 is 0 Å². The summed E-state index contributed by atoms with van der Waals surface area (Å²) in [7, 11) is 0. The standard InChI is InChI=1S/C14H11NOS/c16-9-10-5-6-14-12(7-10)15-8-11-3-1-2-4-13(11)17-14/h1-8,16H,9H2. The van der Waals surface area contributed by atoms with Gasteiger partial charge in [0.25, 0.3) is 0 Å². The summed E-state index contributed by atoms with van der Waals surface area (Å²) in [6, 6.07) is 14.1. The summed E-state index contributed by atoms with van der Waals surface area (Å²) in [6.45, 7) is 0.0560. The second-order valence-corrected chi connectivity index (χ2v) is 4.94. The van der Waals surface area contributed by atoms with E-state index < -0.39 is 0 Å². The third-order valence-corrected chi connectivity index (χ3v) is 3.84. The first-order chi connectivity index (χ1) is 8.36. The zero-order valence-electron chi connectivity index (χ0n) is 9.13. The number of fused-ring (bicyclic) bond motifs is 2. The average Bonchev–Trinajstić information content (AvgIpc) is 2.57. The first-order valence-corrected chi connectivity index (χ1v) is 6.23. The molecule has 0 aliphatic carbocycles. The van der Waals surface area contributed by atoms with Crippen LogP contribution in [0.2, 0.25) is 0 Å². The maximum Gasteiger partial charge on any atom is 0.0772 e. The molecule has 0 spiro atoms. The molecule has 84 valence electrons. The summed E-state index contributed by atoms with van der Waals surface area (Å²) in [4.78, 5) is 6.82. The number of hydrogen-bond donors (Lipinski definition) is 1. The fourth-order valence-electron chi connectivity index (χ4n) is 1.79. The van der Waals surface area contributed by atoms with Crippen LogP contribution in [-0.2, 0) is 6.61 Å². The van der Waals surface area contributed by atoms with E-state index in [1.165, 1.54) is 4.90 Å². The van der Waals surface area contributed by atoms with Crippen molar-refractivity contribution in [2.24, 2.45) is 4.99 Å². The first kappa shape index (κ1) is 10.6. The van der Waals surface area contributed by atoms with E-state index in [9.17, 15) is 0 Å². The van der Waals surface area contributed by atoms with Crippen molar-refractivity contribution < 1.29 is 5.11 Å². The first-order valence-electron chi connectivity index (χ1n) is 5.41. The molecule has 0 unspecified atom stereocenters. The summed E-state index contributed by atoms with van der Waals surface area (Å²) in [6.07, 6.45) is 1.88. The van der Waals surface area contributed by atoms with E-state index in [4.69, 9.17) is 5.11 Å². The lowest BCUT2D eigenvalue weighted by atomic mass is 10.2. The van der Waals surface area contributed by atoms with Crippen LogP contribution in [0.1, 0.15) is 11.1 Å². The molecule has 17 heavy (non-hydrogen) atoms. The smallest absolute Gasteiger partial charge is 0.0772 e. The Morgan fingerprint density at radius 2 is 1.94 bits per heavy atom. The van der Waals surface area contributed by atoms with E-state index in [-0.39, 0.29) is 6.61 Å². The molecule has 0 aromatic heterocycles. The van der Waals surface area contributed by atoms with Gasteiger partial charge in [0, 0.05) is 21.6 Å². The second kappa shape index (κ2) is 4.35. The lowest BCUT2D eigenvalue weighted by molar-refractivity contribution is 0.282. The van der Waals surface area contributed by atoms with Gasteiger partial charge >= 0.3 is 0 Å². The summed E-state index contributed by atoms with van der Waals surface area (Å²) < 4.78 is 0. The Morgan fingerprint density at radius 3 is 2.82 bits per heavy atom. The predicted octanol–water partition coefficient (Wildman–Crippen LogP) is 3.39. The molecular weight excluding hydrogens is 230 g/mol. The van der Waals surface area contributed by atoms with Gasteiger partial charge in [0.05, 0.1) is 12.3 Å². The normalized spacial score (nSPS) is 12.8. The number of rotatable bonds is 1. The number of benzene rings is 2. The molecule has 0 atom stereocenters. The van der Waals surface area contributed by atoms with Crippen molar-refractivity contribution in [3.63, 3.8) is 0 Å². The highest BCUT2D eigenvalue weighted by molar-refractivity contribution is 7.99. The van der Waals surface area contributed by atoms with Gasteiger partial charge < -0.3 is 5.11 Å². The molecule has 0 bridgehead atoms. The predicted molar refractivity (Wildman–Crippen MR) is 70.2 cm³/mol. The maximum absolute atomic E-state index is 9.12. The van der Waals surface area contributed by atoms with Gasteiger partial charge in [-0.25, -0.2) is 0 Å². The minimum atomic E-state index is 0.0560. The van der Waals surface area contributed by atoms with Crippen LogP contribution < -0.4 is 0 Å². The van der Waals surface area contributed by atoms with Gasteiger partial charge in [0.1, 0.15) is 0 Å². The molecule has 2 aromatic carbocycles. The Hall–Kier alpha value is -1.58. The lowest BCUT2D eigenvalue weighted by Gasteiger charge is -2.05. The zero-order chi connectivity index (χ0) is 11.7. The quantitative estimate of drug-likeness (QED) is 0.708. The third kappa shape index (κ3) is 1.99. The molecular formula is C14H11NOS. The fraction of sp³-hybridized carbons (Fsp3) is 0.0714. The number of hydrogen-bond acceptors (Lipinski definition) is 3. The van der Waals surface area contributed by atoms with Gasteiger partial charge in [-0.2, -0.15) is 0 Å². The molecule has 1 aliphatic heterocycles. The van der Waals surface area contributed by atoms with Crippen molar-refractivity contribution >= 4 is 23.7 Å². The van der Waals surface area contributed by atoms with E-state index in [0.29, 0.717) is 0 Å².